The lowest BCUT2D eigenvalue weighted by Crippen LogP contribution is -2.43. The molecule has 1 aliphatic heterocycles. The molecule has 0 amide bonds. The molecule has 3 heterocycles. The number of furan rings is 1. The number of nitrogens with zero attached hydrogens (tertiary/aromatic N) is 1. The van der Waals surface area contributed by atoms with Crippen molar-refractivity contribution in [3.63, 3.8) is 0 Å². The van der Waals surface area contributed by atoms with E-state index in [4.69, 9.17) is 14.1 Å². The number of halogens is 1. The zero-order valence-electron chi connectivity index (χ0n) is 15.2. The quantitative estimate of drug-likeness (QED) is 0.349. The van der Waals surface area contributed by atoms with E-state index in [0.29, 0.717) is 6.54 Å². The third-order valence-corrected chi connectivity index (χ3v) is 5.19. The van der Waals surface area contributed by atoms with E-state index in [-0.39, 0.29) is 30.1 Å². The lowest BCUT2D eigenvalue weighted by atomic mass is 10.1. The van der Waals surface area contributed by atoms with Gasteiger partial charge in [-0.05, 0) is 50.5 Å². The van der Waals surface area contributed by atoms with Crippen LogP contribution in [0.3, 0.4) is 0 Å². The predicted molar refractivity (Wildman–Crippen MR) is 118 cm³/mol. The topological polar surface area (TPSA) is 58.8 Å². The SMILES string of the molecule is Cc1ccc(CN=C(NCCc2ccco2)NCC2CCCCO2)s1.I. The van der Waals surface area contributed by atoms with Gasteiger partial charge in [0.1, 0.15) is 5.76 Å². The van der Waals surface area contributed by atoms with Crippen LogP contribution in [0.2, 0.25) is 0 Å². The van der Waals surface area contributed by atoms with Gasteiger partial charge in [-0.1, -0.05) is 0 Å². The molecule has 144 valence electrons. The van der Waals surface area contributed by atoms with Gasteiger partial charge in [-0.15, -0.1) is 35.3 Å². The first kappa shape index (κ1) is 21.2. The largest absolute Gasteiger partial charge is 0.469 e. The summed E-state index contributed by atoms with van der Waals surface area (Å²) in [7, 11) is 0. The monoisotopic (exact) mass is 489 g/mol. The molecular weight excluding hydrogens is 461 g/mol. The van der Waals surface area contributed by atoms with Gasteiger partial charge in [0.2, 0.25) is 0 Å². The van der Waals surface area contributed by atoms with E-state index in [1.54, 1.807) is 17.6 Å². The van der Waals surface area contributed by atoms with E-state index in [2.05, 4.69) is 29.7 Å². The number of rotatable bonds is 7. The molecular formula is C19H28IN3O2S. The van der Waals surface area contributed by atoms with E-state index in [1.165, 1.54) is 22.6 Å². The van der Waals surface area contributed by atoms with Crippen molar-refractivity contribution >= 4 is 41.3 Å². The first-order chi connectivity index (χ1) is 12.3. The second-order valence-electron chi connectivity index (χ2n) is 6.30. The van der Waals surface area contributed by atoms with Crippen LogP contribution in [0.15, 0.2) is 39.9 Å². The van der Waals surface area contributed by atoms with Crippen LogP contribution in [0, 0.1) is 6.92 Å². The highest BCUT2D eigenvalue weighted by Gasteiger charge is 2.14. The number of hydrogen-bond acceptors (Lipinski definition) is 4. The van der Waals surface area contributed by atoms with Crippen molar-refractivity contribution in [3.05, 3.63) is 46.0 Å². The Morgan fingerprint density at radius 3 is 2.88 bits per heavy atom. The van der Waals surface area contributed by atoms with Gasteiger partial charge >= 0.3 is 0 Å². The average Bonchev–Trinajstić information content (AvgIpc) is 3.29. The summed E-state index contributed by atoms with van der Waals surface area (Å²) in [5, 5.41) is 6.84. The van der Waals surface area contributed by atoms with Crippen LogP contribution in [-0.2, 0) is 17.7 Å². The second kappa shape index (κ2) is 11.6. The molecule has 2 aromatic rings. The summed E-state index contributed by atoms with van der Waals surface area (Å²) < 4.78 is 11.2. The number of ether oxygens (including phenoxy) is 1. The minimum absolute atomic E-state index is 0. The van der Waals surface area contributed by atoms with Crippen molar-refractivity contribution in [3.8, 4) is 0 Å². The average molecular weight is 489 g/mol. The normalized spacial score (nSPS) is 17.6. The number of thiophene rings is 1. The third kappa shape index (κ3) is 7.28. The molecule has 1 saturated heterocycles. The molecule has 1 aliphatic rings. The maximum atomic E-state index is 5.80. The van der Waals surface area contributed by atoms with Gasteiger partial charge in [0.05, 0.1) is 18.9 Å². The van der Waals surface area contributed by atoms with Crippen LogP contribution in [-0.4, -0.2) is 31.8 Å². The molecule has 3 rings (SSSR count). The predicted octanol–water partition coefficient (Wildman–Crippen LogP) is 4.11. The summed E-state index contributed by atoms with van der Waals surface area (Å²) in [6.07, 6.45) is 6.38. The third-order valence-electron chi connectivity index (χ3n) is 4.20. The van der Waals surface area contributed by atoms with E-state index in [0.717, 1.165) is 44.3 Å². The Morgan fingerprint density at radius 1 is 1.27 bits per heavy atom. The van der Waals surface area contributed by atoms with Crippen LogP contribution >= 0.6 is 35.3 Å². The smallest absolute Gasteiger partial charge is 0.191 e. The van der Waals surface area contributed by atoms with Crippen molar-refractivity contribution in [2.75, 3.05) is 19.7 Å². The van der Waals surface area contributed by atoms with Gasteiger partial charge in [0, 0.05) is 35.9 Å². The molecule has 0 aromatic carbocycles. The molecule has 2 N–H and O–H groups in total. The highest BCUT2D eigenvalue weighted by molar-refractivity contribution is 14.0. The Balaban J connectivity index is 0.00000243. The summed E-state index contributed by atoms with van der Waals surface area (Å²) in [4.78, 5) is 7.33. The van der Waals surface area contributed by atoms with Crippen molar-refractivity contribution in [2.24, 2.45) is 4.99 Å². The molecule has 7 heteroatoms. The Bertz CT molecular complexity index is 652. The van der Waals surface area contributed by atoms with Crippen molar-refractivity contribution in [1.29, 1.82) is 0 Å². The molecule has 0 saturated carbocycles. The standard InChI is InChI=1S/C19H27N3O2S.HI/c1-15-7-8-18(25-15)14-22-19(20-10-9-16-6-4-12-23-16)21-13-17-5-2-3-11-24-17;/h4,6-8,12,17H,2-3,5,9-11,13-14H2,1H3,(H2,20,21,22);1H. The van der Waals surface area contributed by atoms with Gasteiger partial charge in [-0.2, -0.15) is 0 Å². The van der Waals surface area contributed by atoms with Gasteiger partial charge in [-0.25, -0.2) is 4.99 Å². The minimum atomic E-state index is 0. The van der Waals surface area contributed by atoms with E-state index in [9.17, 15) is 0 Å². The molecule has 0 bridgehead atoms. The molecule has 0 radical (unpaired) electrons. The van der Waals surface area contributed by atoms with Crippen LogP contribution < -0.4 is 10.6 Å². The maximum absolute atomic E-state index is 5.80. The summed E-state index contributed by atoms with van der Waals surface area (Å²) in [6, 6.07) is 8.20. The Hall–Kier alpha value is -1.06. The highest BCUT2D eigenvalue weighted by atomic mass is 127. The molecule has 1 atom stereocenters. The first-order valence-corrected chi connectivity index (χ1v) is 9.83. The Morgan fingerprint density at radius 2 is 2.19 bits per heavy atom. The molecule has 1 fully saturated rings. The first-order valence-electron chi connectivity index (χ1n) is 9.01. The summed E-state index contributed by atoms with van der Waals surface area (Å²) in [6.45, 7) is 5.28. The zero-order chi connectivity index (χ0) is 17.3. The Kier molecular flexibility index (Phi) is 9.49. The van der Waals surface area contributed by atoms with Crippen molar-refractivity contribution in [1.82, 2.24) is 10.6 Å². The lowest BCUT2D eigenvalue weighted by Gasteiger charge is -2.23. The van der Waals surface area contributed by atoms with Crippen LogP contribution in [0.5, 0.6) is 0 Å². The molecule has 0 aliphatic carbocycles. The van der Waals surface area contributed by atoms with Crippen molar-refractivity contribution in [2.45, 2.75) is 45.3 Å². The zero-order valence-corrected chi connectivity index (χ0v) is 18.3. The van der Waals surface area contributed by atoms with E-state index >= 15 is 0 Å². The number of guanidine groups is 1. The fraction of sp³-hybridized carbons (Fsp3) is 0.526. The summed E-state index contributed by atoms with van der Waals surface area (Å²) >= 11 is 1.80. The fourth-order valence-corrected chi connectivity index (χ4v) is 3.65. The van der Waals surface area contributed by atoms with E-state index in [1.807, 2.05) is 12.1 Å². The highest BCUT2D eigenvalue weighted by Crippen LogP contribution is 2.16. The van der Waals surface area contributed by atoms with Gasteiger partial charge in [0.25, 0.3) is 0 Å². The second-order valence-corrected chi connectivity index (χ2v) is 7.68. The van der Waals surface area contributed by atoms with Crippen LogP contribution in [0.4, 0.5) is 0 Å². The van der Waals surface area contributed by atoms with Crippen molar-refractivity contribution < 1.29 is 9.15 Å². The van der Waals surface area contributed by atoms with Gasteiger partial charge < -0.3 is 19.8 Å². The summed E-state index contributed by atoms with van der Waals surface area (Å²) in [5.74, 6) is 1.82. The van der Waals surface area contributed by atoms with Crippen LogP contribution in [0.25, 0.3) is 0 Å². The summed E-state index contributed by atoms with van der Waals surface area (Å²) in [5.41, 5.74) is 0. The Labute approximate surface area is 176 Å². The fourth-order valence-electron chi connectivity index (χ4n) is 2.84. The van der Waals surface area contributed by atoms with Gasteiger partial charge in [0.15, 0.2) is 5.96 Å². The number of nitrogens with one attached hydrogen (secondary N) is 2. The lowest BCUT2D eigenvalue weighted by molar-refractivity contribution is 0.0194. The number of aliphatic imine (C=N–C) groups is 1. The molecule has 26 heavy (non-hydrogen) atoms. The van der Waals surface area contributed by atoms with Crippen LogP contribution in [0.1, 0.15) is 34.8 Å². The van der Waals surface area contributed by atoms with Gasteiger partial charge in [-0.3, -0.25) is 0 Å². The number of aryl methyl sites for hydroxylation is 1. The number of hydrogen-bond donors (Lipinski definition) is 2. The molecule has 1 unspecified atom stereocenters. The molecule has 0 spiro atoms. The van der Waals surface area contributed by atoms with E-state index < -0.39 is 0 Å². The molecule has 2 aromatic heterocycles. The molecule has 5 nitrogen and oxygen atoms in total. The maximum Gasteiger partial charge on any atom is 0.191 e. The minimum Gasteiger partial charge on any atom is -0.469 e.